The van der Waals surface area contributed by atoms with Crippen molar-refractivity contribution in [3.63, 3.8) is 0 Å². The van der Waals surface area contributed by atoms with E-state index in [1.807, 2.05) is 60.8 Å². The highest BCUT2D eigenvalue weighted by Crippen LogP contribution is 2.29. The molecule has 0 aliphatic heterocycles. The number of carbonyl (C=O) groups is 1. The Bertz CT molecular complexity index is 1410. The molecule has 5 rings (SSSR count). The monoisotopic (exact) mass is 460 g/mol. The predicted molar refractivity (Wildman–Crippen MR) is 130 cm³/mol. The van der Waals surface area contributed by atoms with E-state index in [2.05, 4.69) is 38.1 Å². The summed E-state index contributed by atoms with van der Waals surface area (Å²) in [4.78, 5) is 22.0. The topological polar surface area (TPSA) is 85.6 Å². The molecule has 0 aliphatic carbocycles. The van der Waals surface area contributed by atoms with Crippen molar-refractivity contribution >= 4 is 56.2 Å². The number of nitrogens with zero attached hydrogens (tertiary/aromatic N) is 5. The lowest BCUT2D eigenvalue weighted by molar-refractivity contribution is -0.115. The third-order valence-electron chi connectivity index (χ3n) is 5.13. The Kier molecular flexibility index (Phi) is 5.59. The van der Waals surface area contributed by atoms with Crippen LogP contribution in [0.25, 0.3) is 33.3 Å². The van der Waals surface area contributed by atoms with Gasteiger partial charge in [0.15, 0.2) is 10.8 Å². The van der Waals surface area contributed by atoms with Gasteiger partial charge >= 0.3 is 0 Å². The van der Waals surface area contributed by atoms with Gasteiger partial charge in [0.25, 0.3) is 0 Å². The van der Waals surface area contributed by atoms with Crippen LogP contribution >= 0.6 is 23.1 Å². The van der Waals surface area contributed by atoms with E-state index in [4.69, 9.17) is 4.98 Å². The number of thioether (sulfide) groups is 1. The molecular formula is C23H20N6OS2. The molecule has 1 unspecified atom stereocenters. The van der Waals surface area contributed by atoms with Crippen molar-refractivity contribution < 1.29 is 4.79 Å². The summed E-state index contributed by atoms with van der Waals surface area (Å²) >= 11 is 2.69. The molecule has 7 nitrogen and oxygen atoms in total. The maximum absolute atomic E-state index is 12.7. The van der Waals surface area contributed by atoms with Gasteiger partial charge in [-0.25, -0.2) is 9.97 Å². The molecule has 1 atom stereocenters. The first-order valence-corrected chi connectivity index (χ1v) is 12.0. The summed E-state index contributed by atoms with van der Waals surface area (Å²) in [5, 5.41) is 15.2. The molecule has 160 valence electrons. The molecule has 3 heterocycles. The molecule has 3 aromatic heterocycles. The van der Waals surface area contributed by atoms with E-state index in [-0.39, 0.29) is 5.91 Å². The van der Waals surface area contributed by atoms with Gasteiger partial charge in [0.05, 0.1) is 16.5 Å². The number of rotatable bonds is 6. The zero-order chi connectivity index (χ0) is 22.1. The average Bonchev–Trinajstić information content (AvgIpc) is 3.41. The van der Waals surface area contributed by atoms with Crippen LogP contribution in [-0.4, -0.2) is 35.9 Å². The summed E-state index contributed by atoms with van der Waals surface area (Å²) in [5.41, 5.74) is 4.51. The minimum Gasteiger partial charge on any atom is -0.324 e. The maximum Gasteiger partial charge on any atom is 0.239 e. The molecule has 0 saturated heterocycles. The average molecular weight is 461 g/mol. The van der Waals surface area contributed by atoms with Crippen LogP contribution in [0, 0.1) is 0 Å². The molecule has 0 spiro atoms. The maximum atomic E-state index is 12.7. The predicted octanol–water partition coefficient (Wildman–Crippen LogP) is 5.24. The Balaban J connectivity index is 1.33. The third kappa shape index (κ3) is 3.85. The molecule has 9 heteroatoms. The third-order valence-corrected chi connectivity index (χ3v) is 6.84. The fourth-order valence-electron chi connectivity index (χ4n) is 3.55. The molecule has 0 saturated carbocycles. The van der Waals surface area contributed by atoms with E-state index in [1.165, 1.54) is 23.1 Å². The molecule has 0 aliphatic rings. The molecule has 5 aromatic rings. The first-order chi connectivity index (χ1) is 15.6. The molecule has 2 aromatic carbocycles. The number of nitrogens with one attached hydrogen (secondary N) is 1. The fourth-order valence-corrected chi connectivity index (χ4v) is 4.98. The minimum atomic E-state index is -0.405. The summed E-state index contributed by atoms with van der Waals surface area (Å²) < 4.78 is 2.12. The number of carbonyl (C=O) groups excluding carboxylic acids is 1. The summed E-state index contributed by atoms with van der Waals surface area (Å²) in [6.07, 6.45) is 0. The highest BCUT2D eigenvalue weighted by atomic mass is 32.2. The van der Waals surface area contributed by atoms with E-state index >= 15 is 0 Å². The summed E-state index contributed by atoms with van der Waals surface area (Å²) in [7, 11) is 0. The second kappa shape index (κ2) is 8.68. The molecule has 1 N–H and O–H groups in total. The number of anilines is 1. The Labute approximate surface area is 192 Å². The number of amides is 1. The van der Waals surface area contributed by atoms with Crippen LogP contribution in [0.5, 0.6) is 0 Å². The van der Waals surface area contributed by atoms with Gasteiger partial charge in [-0.15, -0.1) is 21.5 Å². The van der Waals surface area contributed by atoms with Crippen molar-refractivity contribution in [2.24, 2.45) is 0 Å². The van der Waals surface area contributed by atoms with Gasteiger partial charge in [-0.2, -0.15) is 0 Å². The van der Waals surface area contributed by atoms with Crippen molar-refractivity contribution in [3.05, 3.63) is 60.0 Å². The van der Waals surface area contributed by atoms with Crippen molar-refractivity contribution in [1.82, 2.24) is 24.7 Å². The number of thiazole rings is 1. The number of para-hydroxylation sites is 1. The second-order valence-electron chi connectivity index (χ2n) is 7.18. The molecule has 1 amide bonds. The lowest BCUT2D eigenvalue weighted by atomic mass is 10.2. The van der Waals surface area contributed by atoms with E-state index in [1.54, 1.807) is 0 Å². The van der Waals surface area contributed by atoms with E-state index in [0.29, 0.717) is 10.3 Å². The zero-order valence-corrected chi connectivity index (χ0v) is 19.2. The Morgan fingerprint density at radius 1 is 1.09 bits per heavy atom. The van der Waals surface area contributed by atoms with Gasteiger partial charge in [0, 0.05) is 22.9 Å². The number of aromatic nitrogens is 5. The van der Waals surface area contributed by atoms with Crippen LogP contribution < -0.4 is 5.32 Å². The normalized spacial score (nSPS) is 12.3. The Morgan fingerprint density at radius 2 is 1.88 bits per heavy atom. The van der Waals surface area contributed by atoms with Crippen molar-refractivity contribution in [2.45, 2.75) is 30.8 Å². The summed E-state index contributed by atoms with van der Waals surface area (Å²) in [6.45, 7) is 4.68. The van der Waals surface area contributed by atoms with Gasteiger partial charge in [-0.3, -0.25) is 4.79 Å². The first-order valence-electron chi connectivity index (χ1n) is 10.2. The Morgan fingerprint density at radius 3 is 2.69 bits per heavy atom. The van der Waals surface area contributed by atoms with E-state index in [9.17, 15) is 4.79 Å². The van der Waals surface area contributed by atoms with Crippen LogP contribution in [0.2, 0.25) is 0 Å². The standard InChI is InChI=1S/C23H20N6OS2/c1-3-29-18-12-8-7-11-16(18)19-20(29)25-23(28-27-19)32-14(2)21(30)26-22-24-17(13-31-22)15-9-5-4-6-10-15/h4-14H,3H2,1-2H3,(H,24,26,30). The molecule has 0 bridgehead atoms. The van der Waals surface area contributed by atoms with Gasteiger partial charge in [0.1, 0.15) is 5.52 Å². The van der Waals surface area contributed by atoms with Gasteiger partial charge in [0.2, 0.25) is 11.1 Å². The SMILES string of the molecule is CCn1c2ccccc2c2nnc(SC(C)C(=O)Nc3nc(-c4ccccc4)cs3)nc21. The number of hydrogen-bond acceptors (Lipinski definition) is 7. The van der Waals surface area contributed by atoms with Gasteiger partial charge in [-0.05, 0) is 19.9 Å². The van der Waals surface area contributed by atoms with Crippen molar-refractivity contribution in [1.29, 1.82) is 0 Å². The van der Waals surface area contributed by atoms with Crippen molar-refractivity contribution in [2.75, 3.05) is 5.32 Å². The van der Waals surface area contributed by atoms with Crippen LogP contribution in [0.4, 0.5) is 5.13 Å². The first kappa shape index (κ1) is 20.6. The van der Waals surface area contributed by atoms with Gasteiger partial charge < -0.3 is 9.88 Å². The largest absolute Gasteiger partial charge is 0.324 e. The van der Waals surface area contributed by atoms with Crippen LogP contribution in [0.3, 0.4) is 0 Å². The Hall–Kier alpha value is -3.30. The number of aryl methyl sites for hydroxylation is 1. The lowest BCUT2D eigenvalue weighted by Gasteiger charge is -2.09. The second-order valence-corrected chi connectivity index (χ2v) is 9.35. The summed E-state index contributed by atoms with van der Waals surface area (Å²) in [5.74, 6) is -0.149. The fraction of sp³-hybridized carbons (Fsp3) is 0.174. The quantitative estimate of drug-likeness (QED) is 0.349. The molecular weight excluding hydrogens is 440 g/mol. The smallest absolute Gasteiger partial charge is 0.239 e. The van der Waals surface area contributed by atoms with Crippen LogP contribution in [0.1, 0.15) is 13.8 Å². The van der Waals surface area contributed by atoms with Gasteiger partial charge in [-0.1, -0.05) is 60.3 Å². The van der Waals surface area contributed by atoms with E-state index in [0.717, 1.165) is 39.9 Å². The van der Waals surface area contributed by atoms with E-state index < -0.39 is 5.25 Å². The molecule has 0 radical (unpaired) electrons. The highest BCUT2D eigenvalue weighted by Gasteiger charge is 2.20. The molecule has 32 heavy (non-hydrogen) atoms. The van der Waals surface area contributed by atoms with Crippen LogP contribution in [-0.2, 0) is 11.3 Å². The zero-order valence-electron chi connectivity index (χ0n) is 17.5. The number of hydrogen-bond donors (Lipinski definition) is 1. The summed E-state index contributed by atoms with van der Waals surface area (Å²) in [6, 6.07) is 18.0. The van der Waals surface area contributed by atoms with Crippen molar-refractivity contribution in [3.8, 4) is 11.3 Å². The number of benzene rings is 2. The number of fused-ring (bicyclic) bond motifs is 3. The lowest BCUT2D eigenvalue weighted by Crippen LogP contribution is -2.22. The molecule has 0 fully saturated rings. The highest BCUT2D eigenvalue weighted by molar-refractivity contribution is 8.00. The minimum absolute atomic E-state index is 0.149. The van der Waals surface area contributed by atoms with Crippen LogP contribution in [0.15, 0.2) is 65.1 Å².